The molecule has 2 heterocycles. The van der Waals surface area contributed by atoms with Crippen molar-refractivity contribution in [1.82, 2.24) is 15.4 Å². The van der Waals surface area contributed by atoms with E-state index in [2.05, 4.69) is 22.9 Å². The van der Waals surface area contributed by atoms with E-state index in [0.717, 1.165) is 30.5 Å². The Bertz CT molecular complexity index is 1950. The first-order valence-electron chi connectivity index (χ1n) is 15.4. The first kappa shape index (κ1) is 36.6. The van der Waals surface area contributed by atoms with Crippen LogP contribution in [0.15, 0.2) is 72.9 Å². The van der Waals surface area contributed by atoms with Crippen LogP contribution in [0, 0.1) is 28.5 Å². The lowest BCUT2D eigenvalue weighted by Gasteiger charge is -2.38. The van der Waals surface area contributed by atoms with E-state index in [1.807, 2.05) is 30.3 Å². The zero-order valence-electron chi connectivity index (χ0n) is 27.4. The number of methoxy groups -OCH3 is 1. The second-order valence-corrected chi connectivity index (χ2v) is 11.3. The van der Waals surface area contributed by atoms with Gasteiger partial charge in [0, 0.05) is 49.1 Å². The molecule has 0 saturated carbocycles. The lowest BCUT2D eigenvalue weighted by atomic mass is 9.91. The number of benzene rings is 3. The van der Waals surface area contributed by atoms with Gasteiger partial charge in [0.25, 0.3) is 12.4 Å². The summed E-state index contributed by atoms with van der Waals surface area (Å²) in [5.41, 5.74) is 5.80. The van der Waals surface area contributed by atoms with Gasteiger partial charge in [-0.25, -0.2) is 14.9 Å². The van der Waals surface area contributed by atoms with Crippen molar-refractivity contribution in [1.29, 1.82) is 10.5 Å². The largest absolute Gasteiger partial charge is 0.504 e. The number of nitrogens with zero attached hydrogens (tertiary/aromatic N) is 5. The number of carbonyl (C=O) groups is 2. The number of piperidine rings is 1. The zero-order chi connectivity index (χ0) is 36.2. The molecule has 12 nitrogen and oxygen atoms in total. The Hall–Kier alpha value is -6.28. The minimum absolute atomic E-state index is 0.0426. The highest BCUT2D eigenvalue weighted by molar-refractivity contribution is 5.91. The quantitative estimate of drug-likeness (QED) is 0.0777. The molecule has 50 heavy (non-hydrogen) atoms. The summed E-state index contributed by atoms with van der Waals surface area (Å²) in [6.07, 6.45) is 6.19. The maximum absolute atomic E-state index is 14.9. The normalized spacial score (nSPS) is 12.8. The number of halogens is 1. The van der Waals surface area contributed by atoms with Gasteiger partial charge in [-0.05, 0) is 72.5 Å². The van der Waals surface area contributed by atoms with Gasteiger partial charge >= 0.3 is 0 Å². The number of rotatable bonds is 9. The number of pyridine rings is 1. The topological polar surface area (TPSA) is 183 Å². The van der Waals surface area contributed by atoms with Crippen LogP contribution in [0.1, 0.15) is 35.1 Å². The van der Waals surface area contributed by atoms with Crippen molar-refractivity contribution in [2.24, 2.45) is 0 Å². The van der Waals surface area contributed by atoms with Crippen molar-refractivity contribution < 1.29 is 34.1 Å². The molecule has 1 fully saturated rings. The van der Waals surface area contributed by atoms with Crippen LogP contribution >= 0.6 is 0 Å². The summed E-state index contributed by atoms with van der Waals surface area (Å²) in [7, 11) is 3.52. The first-order chi connectivity index (χ1) is 24.2. The number of carboxylic acid groups (broad SMARTS) is 1. The standard InChI is InChI=1S/C36H33FN6O4.CH2O2/c1-42(22-24-5-3-23(4-6-24)7-12-34(45)41-46)28-13-15-43(16-14-28)36-29(20-39)35(26-8-9-27(19-38)31(37)17-26)30(21-40-36)25-10-11-32(44)33(18-25)47-2;2-1-3/h3-12,17-18,21,28,44,46H,13-16,22H2,1-2H3,(H,41,45);1H,(H,2,3)/b12-7+;. The third-order valence-electron chi connectivity index (χ3n) is 8.38. The van der Waals surface area contributed by atoms with Crippen molar-refractivity contribution in [3.8, 4) is 45.9 Å². The summed E-state index contributed by atoms with van der Waals surface area (Å²) >= 11 is 0. The molecule has 0 aliphatic carbocycles. The number of aromatic nitrogens is 1. The van der Waals surface area contributed by atoms with E-state index in [-0.39, 0.29) is 29.1 Å². The summed E-state index contributed by atoms with van der Waals surface area (Å²) in [5, 5.41) is 45.5. The maximum Gasteiger partial charge on any atom is 0.290 e. The molecule has 0 unspecified atom stereocenters. The number of nitrogens with one attached hydrogen (secondary N) is 1. The molecule has 1 aromatic heterocycles. The van der Waals surface area contributed by atoms with E-state index in [1.54, 1.807) is 36.0 Å². The van der Waals surface area contributed by atoms with Crippen LogP contribution in [-0.2, 0) is 16.1 Å². The zero-order valence-corrected chi connectivity index (χ0v) is 27.4. The van der Waals surface area contributed by atoms with Crippen LogP contribution in [0.4, 0.5) is 10.2 Å². The average Bonchev–Trinajstić information content (AvgIpc) is 3.14. The second kappa shape index (κ2) is 17.2. The molecule has 1 aliphatic rings. The predicted molar refractivity (Wildman–Crippen MR) is 184 cm³/mol. The molecule has 5 rings (SSSR count). The van der Waals surface area contributed by atoms with Crippen molar-refractivity contribution in [3.63, 3.8) is 0 Å². The van der Waals surface area contributed by atoms with Gasteiger partial charge in [0.15, 0.2) is 11.5 Å². The number of phenols is 1. The summed E-state index contributed by atoms with van der Waals surface area (Å²) in [4.78, 5) is 28.7. The highest BCUT2D eigenvalue weighted by atomic mass is 19.1. The van der Waals surface area contributed by atoms with Gasteiger partial charge in [0.1, 0.15) is 29.3 Å². The van der Waals surface area contributed by atoms with Crippen LogP contribution < -0.4 is 15.1 Å². The van der Waals surface area contributed by atoms with Gasteiger partial charge in [0.2, 0.25) is 0 Å². The minimum atomic E-state index is -0.689. The van der Waals surface area contributed by atoms with Crippen LogP contribution in [-0.4, -0.2) is 71.0 Å². The van der Waals surface area contributed by atoms with Gasteiger partial charge in [0.05, 0.1) is 12.7 Å². The monoisotopic (exact) mass is 678 g/mol. The third-order valence-corrected chi connectivity index (χ3v) is 8.38. The summed E-state index contributed by atoms with van der Waals surface area (Å²) in [6.45, 7) is 1.79. The number of nitriles is 2. The van der Waals surface area contributed by atoms with Crippen LogP contribution in [0.25, 0.3) is 28.3 Å². The maximum atomic E-state index is 14.9. The number of anilines is 1. The number of phenolic OH excluding ortho intramolecular Hbond substituents is 1. The fraction of sp³-hybridized carbons (Fsp3) is 0.216. The van der Waals surface area contributed by atoms with E-state index < -0.39 is 11.7 Å². The Morgan fingerprint density at radius 2 is 1.78 bits per heavy atom. The van der Waals surface area contributed by atoms with Gasteiger partial charge < -0.3 is 19.8 Å². The molecule has 1 aliphatic heterocycles. The Balaban J connectivity index is 0.00000181. The Labute approximate surface area is 288 Å². The second-order valence-electron chi connectivity index (χ2n) is 11.3. The number of aromatic hydroxyl groups is 1. The fourth-order valence-electron chi connectivity index (χ4n) is 5.85. The molecule has 256 valence electrons. The van der Waals surface area contributed by atoms with Crippen molar-refractivity contribution in [2.45, 2.75) is 25.4 Å². The molecule has 1 saturated heterocycles. The van der Waals surface area contributed by atoms with Crippen LogP contribution in [0.2, 0.25) is 0 Å². The highest BCUT2D eigenvalue weighted by Gasteiger charge is 2.28. The molecule has 4 aromatic rings. The van der Waals surface area contributed by atoms with Crippen molar-refractivity contribution in [3.05, 3.63) is 101 Å². The minimum Gasteiger partial charge on any atom is -0.504 e. The molecule has 0 spiro atoms. The van der Waals surface area contributed by atoms with E-state index >= 15 is 0 Å². The van der Waals surface area contributed by atoms with Crippen molar-refractivity contribution in [2.75, 3.05) is 32.1 Å². The summed E-state index contributed by atoms with van der Waals surface area (Å²) < 4.78 is 20.2. The highest BCUT2D eigenvalue weighted by Crippen LogP contribution is 2.41. The van der Waals surface area contributed by atoms with E-state index in [9.17, 15) is 24.8 Å². The van der Waals surface area contributed by atoms with Crippen LogP contribution in [0.3, 0.4) is 0 Å². The summed E-state index contributed by atoms with van der Waals surface area (Å²) in [5.74, 6) is -0.579. The molecular weight excluding hydrogens is 643 g/mol. The molecular formula is C37H35FN6O6. The predicted octanol–water partition coefficient (Wildman–Crippen LogP) is 5.33. The number of hydrogen-bond acceptors (Lipinski definition) is 10. The van der Waals surface area contributed by atoms with Gasteiger partial charge in [-0.1, -0.05) is 36.4 Å². The molecule has 3 aromatic carbocycles. The molecule has 0 bridgehead atoms. The average molecular weight is 679 g/mol. The Kier molecular flexibility index (Phi) is 12.6. The molecule has 0 atom stereocenters. The first-order valence-corrected chi connectivity index (χ1v) is 15.4. The van der Waals surface area contributed by atoms with E-state index in [0.29, 0.717) is 47.2 Å². The smallest absolute Gasteiger partial charge is 0.290 e. The molecule has 4 N–H and O–H groups in total. The van der Waals surface area contributed by atoms with E-state index in [1.165, 1.54) is 31.4 Å². The lowest BCUT2D eigenvalue weighted by Crippen LogP contribution is -2.43. The van der Waals surface area contributed by atoms with Gasteiger partial charge in [-0.3, -0.25) is 19.7 Å². The Morgan fingerprint density at radius 1 is 1.10 bits per heavy atom. The fourth-order valence-corrected chi connectivity index (χ4v) is 5.85. The number of hydrogen-bond donors (Lipinski definition) is 4. The molecule has 1 amide bonds. The number of amides is 1. The van der Waals surface area contributed by atoms with Crippen LogP contribution in [0.5, 0.6) is 11.5 Å². The van der Waals surface area contributed by atoms with E-state index in [4.69, 9.17) is 24.8 Å². The van der Waals surface area contributed by atoms with Gasteiger partial charge in [-0.2, -0.15) is 10.5 Å². The van der Waals surface area contributed by atoms with Gasteiger partial charge in [-0.15, -0.1) is 0 Å². The Morgan fingerprint density at radius 3 is 2.38 bits per heavy atom. The molecule has 0 radical (unpaired) electrons. The lowest BCUT2D eigenvalue weighted by molar-refractivity contribution is -0.124. The number of carbonyl (C=O) groups excluding carboxylic acids is 1. The number of hydroxylamine groups is 1. The third kappa shape index (κ3) is 8.59. The van der Waals surface area contributed by atoms with Crippen molar-refractivity contribution >= 4 is 24.3 Å². The SMILES string of the molecule is COc1cc(-c2cnc(N3CCC(N(C)Cc4ccc(/C=C/C(=O)NO)cc4)CC3)c(C#N)c2-c2ccc(C#N)c(F)c2)ccc1O.O=CO. The summed E-state index contributed by atoms with van der Waals surface area (Å²) in [6, 6.07) is 21.4. The number of ether oxygens (including phenoxy) is 1. The molecule has 13 heteroatoms.